The molecule has 0 unspecified atom stereocenters. The number of alkyl halides is 1. The Morgan fingerprint density at radius 2 is 2.27 bits per heavy atom. The second kappa shape index (κ2) is 4.37. The van der Waals surface area contributed by atoms with Crippen molar-refractivity contribution in [2.75, 3.05) is 5.88 Å². The Bertz CT molecular complexity index is 501. The Hall–Kier alpha value is -0.800. The van der Waals surface area contributed by atoms with Crippen LogP contribution in [0.4, 0.5) is 0 Å². The first-order chi connectivity index (χ1) is 7.24. The highest BCUT2D eigenvalue weighted by Crippen LogP contribution is 2.33. The van der Waals surface area contributed by atoms with Crippen molar-refractivity contribution in [2.45, 2.75) is 6.42 Å². The molecule has 0 saturated carbocycles. The molecule has 78 valence electrons. The van der Waals surface area contributed by atoms with E-state index in [4.69, 9.17) is 11.6 Å². The monoisotopic (exact) mass is 285 g/mol. The average molecular weight is 287 g/mol. The summed E-state index contributed by atoms with van der Waals surface area (Å²) in [6.45, 7) is 0. The Labute approximate surface area is 101 Å². The summed E-state index contributed by atoms with van der Waals surface area (Å²) >= 11 is 9.03. The fourth-order valence-electron chi connectivity index (χ4n) is 1.57. The van der Waals surface area contributed by atoms with Gasteiger partial charge in [-0.2, -0.15) is 0 Å². The molecule has 0 aliphatic carbocycles. The molecule has 1 aromatic heterocycles. The first-order valence-corrected chi connectivity index (χ1v) is 5.88. The van der Waals surface area contributed by atoms with E-state index in [1.165, 1.54) is 0 Å². The molecule has 2 nitrogen and oxygen atoms in total. The summed E-state index contributed by atoms with van der Waals surface area (Å²) in [4.78, 5) is 4.16. The lowest BCUT2D eigenvalue weighted by Gasteiger charge is -2.07. The molecular formula is C11H9BrClNO. The number of phenols is 1. The van der Waals surface area contributed by atoms with Gasteiger partial charge in [0.15, 0.2) is 5.75 Å². The predicted octanol–water partition coefficient (Wildman–Crippen LogP) is 3.48. The summed E-state index contributed by atoms with van der Waals surface area (Å²) in [5.74, 6) is 0.741. The van der Waals surface area contributed by atoms with Gasteiger partial charge in [0.25, 0.3) is 0 Å². The molecule has 0 saturated heterocycles. The first-order valence-electron chi connectivity index (χ1n) is 4.55. The largest absolute Gasteiger partial charge is 0.505 e. The lowest BCUT2D eigenvalue weighted by Crippen LogP contribution is -1.91. The van der Waals surface area contributed by atoms with Crippen molar-refractivity contribution in [2.24, 2.45) is 0 Å². The molecule has 1 heterocycles. The standard InChI is InChI=1S/C11H9BrClNO/c12-9-6-7(3-4-13)8-2-1-5-14-10(8)11(9)15/h1-2,5-6,15H,3-4H2. The Kier molecular flexibility index (Phi) is 3.12. The van der Waals surface area contributed by atoms with Crippen molar-refractivity contribution in [1.29, 1.82) is 0 Å². The third-order valence-corrected chi connectivity index (χ3v) is 3.06. The fraction of sp³-hybridized carbons (Fsp3) is 0.182. The van der Waals surface area contributed by atoms with Crippen molar-refractivity contribution < 1.29 is 5.11 Å². The number of hydrogen-bond acceptors (Lipinski definition) is 2. The molecule has 0 bridgehead atoms. The molecule has 2 rings (SSSR count). The summed E-state index contributed by atoms with van der Waals surface area (Å²) in [5, 5.41) is 10.8. The molecule has 1 N–H and O–H groups in total. The number of benzene rings is 1. The van der Waals surface area contributed by atoms with Gasteiger partial charge in [0.2, 0.25) is 0 Å². The number of rotatable bonds is 2. The van der Waals surface area contributed by atoms with Gasteiger partial charge < -0.3 is 5.11 Å². The number of nitrogens with zero attached hydrogens (tertiary/aromatic N) is 1. The molecule has 15 heavy (non-hydrogen) atoms. The second-order valence-electron chi connectivity index (χ2n) is 3.20. The van der Waals surface area contributed by atoms with Crippen molar-refractivity contribution in [3.8, 4) is 5.75 Å². The number of fused-ring (bicyclic) bond motifs is 1. The lowest BCUT2D eigenvalue weighted by atomic mass is 10.1. The van der Waals surface area contributed by atoms with Crippen LogP contribution in [0, 0.1) is 0 Å². The summed E-state index contributed by atoms with van der Waals surface area (Å²) in [7, 11) is 0. The molecular weight excluding hydrogens is 277 g/mol. The van der Waals surface area contributed by atoms with E-state index >= 15 is 0 Å². The predicted molar refractivity (Wildman–Crippen MR) is 65.5 cm³/mol. The highest BCUT2D eigenvalue weighted by Gasteiger charge is 2.09. The lowest BCUT2D eigenvalue weighted by molar-refractivity contribution is 0.477. The van der Waals surface area contributed by atoms with Crippen LogP contribution >= 0.6 is 27.5 Å². The SMILES string of the molecule is Oc1c(Br)cc(CCCl)c2cccnc12. The smallest absolute Gasteiger partial charge is 0.156 e. The zero-order valence-electron chi connectivity index (χ0n) is 7.87. The van der Waals surface area contributed by atoms with Crippen LogP contribution in [0.5, 0.6) is 5.75 Å². The van der Waals surface area contributed by atoms with E-state index in [-0.39, 0.29) is 5.75 Å². The van der Waals surface area contributed by atoms with Crippen LogP contribution < -0.4 is 0 Å². The van der Waals surface area contributed by atoms with Gasteiger partial charge in [-0.3, -0.25) is 4.98 Å². The van der Waals surface area contributed by atoms with Gasteiger partial charge >= 0.3 is 0 Å². The van der Waals surface area contributed by atoms with Crippen molar-refractivity contribution in [1.82, 2.24) is 4.98 Å². The van der Waals surface area contributed by atoms with Crippen molar-refractivity contribution >= 4 is 38.4 Å². The van der Waals surface area contributed by atoms with Crippen LogP contribution in [0.15, 0.2) is 28.9 Å². The number of aromatic nitrogens is 1. The maximum atomic E-state index is 9.81. The molecule has 0 aliphatic rings. The third-order valence-electron chi connectivity index (χ3n) is 2.27. The van der Waals surface area contributed by atoms with Crippen LogP contribution in [-0.4, -0.2) is 16.0 Å². The van der Waals surface area contributed by atoms with E-state index in [2.05, 4.69) is 20.9 Å². The number of aryl methyl sites for hydroxylation is 1. The minimum atomic E-state index is 0.184. The van der Waals surface area contributed by atoms with Crippen LogP contribution in [0.1, 0.15) is 5.56 Å². The van der Waals surface area contributed by atoms with Crippen LogP contribution in [0.3, 0.4) is 0 Å². The maximum absolute atomic E-state index is 9.81. The minimum absolute atomic E-state index is 0.184. The number of halogens is 2. The zero-order valence-corrected chi connectivity index (χ0v) is 10.2. The van der Waals surface area contributed by atoms with E-state index < -0.39 is 0 Å². The van der Waals surface area contributed by atoms with Crippen molar-refractivity contribution in [3.05, 3.63) is 34.4 Å². The topological polar surface area (TPSA) is 33.1 Å². The molecule has 0 fully saturated rings. The molecule has 0 radical (unpaired) electrons. The van der Waals surface area contributed by atoms with E-state index in [0.717, 1.165) is 17.4 Å². The fourth-order valence-corrected chi connectivity index (χ4v) is 2.24. The molecule has 4 heteroatoms. The maximum Gasteiger partial charge on any atom is 0.156 e. The molecule has 2 aromatic rings. The quantitative estimate of drug-likeness (QED) is 0.857. The van der Waals surface area contributed by atoms with E-state index in [1.807, 2.05) is 18.2 Å². The number of pyridine rings is 1. The van der Waals surface area contributed by atoms with Gasteiger partial charge in [0, 0.05) is 17.5 Å². The minimum Gasteiger partial charge on any atom is -0.505 e. The summed E-state index contributed by atoms with van der Waals surface area (Å²) in [6, 6.07) is 5.69. The van der Waals surface area contributed by atoms with Gasteiger partial charge in [0.1, 0.15) is 5.52 Å². The van der Waals surface area contributed by atoms with Gasteiger partial charge in [-0.05, 0) is 40.0 Å². The second-order valence-corrected chi connectivity index (χ2v) is 4.44. The number of hydrogen-bond donors (Lipinski definition) is 1. The molecule has 0 aliphatic heterocycles. The highest BCUT2D eigenvalue weighted by molar-refractivity contribution is 9.10. The Morgan fingerprint density at radius 1 is 1.47 bits per heavy atom. The summed E-state index contributed by atoms with van der Waals surface area (Å²) < 4.78 is 0.661. The third kappa shape index (κ3) is 1.94. The van der Waals surface area contributed by atoms with Crippen LogP contribution in [0.2, 0.25) is 0 Å². The molecule has 0 amide bonds. The zero-order chi connectivity index (χ0) is 10.8. The highest BCUT2D eigenvalue weighted by atomic mass is 79.9. The van der Waals surface area contributed by atoms with Crippen LogP contribution in [0.25, 0.3) is 10.9 Å². The summed E-state index contributed by atoms with van der Waals surface area (Å²) in [6.07, 6.45) is 2.43. The Morgan fingerprint density at radius 3 is 3.00 bits per heavy atom. The van der Waals surface area contributed by atoms with E-state index in [9.17, 15) is 5.11 Å². The Balaban J connectivity index is 2.76. The normalized spacial score (nSPS) is 10.8. The van der Waals surface area contributed by atoms with Gasteiger partial charge in [-0.15, -0.1) is 11.6 Å². The van der Waals surface area contributed by atoms with E-state index in [1.54, 1.807) is 6.20 Å². The average Bonchev–Trinajstić information content (AvgIpc) is 2.26. The van der Waals surface area contributed by atoms with Gasteiger partial charge in [-0.25, -0.2) is 0 Å². The van der Waals surface area contributed by atoms with Crippen molar-refractivity contribution in [3.63, 3.8) is 0 Å². The van der Waals surface area contributed by atoms with Crippen LogP contribution in [-0.2, 0) is 6.42 Å². The summed E-state index contributed by atoms with van der Waals surface area (Å²) in [5.41, 5.74) is 1.71. The molecule has 1 aromatic carbocycles. The van der Waals surface area contributed by atoms with Gasteiger partial charge in [0.05, 0.1) is 4.47 Å². The number of phenolic OH excluding ortho intramolecular Hbond substituents is 1. The van der Waals surface area contributed by atoms with E-state index in [0.29, 0.717) is 15.9 Å². The molecule has 0 atom stereocenters. The molecule has 0 spiro atoms. The first kappa shape index (κ1) is 10.7. The van der Waals surface area contributed by atoms with Gasteiger partial charge in [-0.1, -0.05) is 6.07 Å². The number of aromatic hydroxyl groups is 1.